The number of para-hydroxylation sites is 2. The summed E-state index contributed by atoms with van der Waals surface area (Å²) in [4.78, 5) is 32.7. The fraction of sp³-hybridized carbons (Fsp3) is 0.267. The van der Waals surface area contributed by atoms with Crippen molar-refractivity contribution in [1.82, 2.24) is 4.48 Å². The van der Waals surface area contributed by atoms with Crippen LogP contribution in [0.5, 0.6) is 23.0 Å². The molecule has 294 valence electrons. The summed E-state index contributed by atoms with van der Waals surface area (Å²) in [6.45, 7) is 6.33. The van der Waals surface area contributed by atoms with Crippen molar-refractivity contribution in [3.63, 3.8) is 0 Å². The molecule has 5 aromatic carbocycles. The molecular formula is C45H49NO10. The van der Waals surface area contributed by atoms with Crippen molar-refractivity contribution in [2.45, 2.75) is 59.3 Å². The van der Waals surface area contributed by atoms with Gasteiger partial charge in [-0.25, -0.2) is 0 Å². The van der Waals surface area contributed by atoms with E-state index in [1.165, 1.54) is 0 Å². The van der Waals surface area contributed by atoms with E-state index in [9.17, 15) is 34.8 Å². The lowest BCUT2D eigenvalue weighted by Gasteiger charge is -2.37. The van der Waals surface area contributed by atoms with Gasteiger partial charge in [0.15, 0.2) is 0 Å². The summed E-state index contributed by atoms with van der Waals surface area (Å²) in [6, 6.07) is 28.9. The quantitative estimate of drug-likeness (QED) is 0.0570. The number of hydrogen-bond acceptors (Lipinski definition) is 7. The van der Waals surface area contributed by atoms with Gasteiger partial charge in [0.25, 0.3) is 0 Å². The summed E-state index contributed by atoms with van der Waals surface area (Å²) in [7, 11) is 0. The van der Waals surface area contributed by atoms with E-state index >= 15 is 0 Å². The van der Waals surface area contributed by atoms with Crippen LogP contribution in [-0.2, 0) is 33.6 Å². The van der Waals surface area contributed by atoms with Gasteiger partial charge in [0.1, 0.15) is 22.9 Å². The maximum absolute atomic E-state index is 13.2. The molecule has 6 N–H and O–H groups in total. The van der Waals surface area contributed by atoms with Crippen molar-refractivity contribution in [3.05, 3.63) is 147 Å². The SMILES string of the molecule is Cc1ccc(O)c(Cc2cccc(Cc3cc(C)cc(Cc4cc(C)ccc4O)c3O)c2[O-])c1.O=C(O)CC[N+](CCC(=O)O)(CCC(=O)O)c1ccccc1. The first kappa shape index (κ1) is 42.4. The highest BCUT2D eigenvalue weighted by Gasteiger charge is 2.32. The van der Waals surface area contributed by atoms with Crippen LogP contribution in [0.2, 0.25) is 0 Å². The second kappa shape index (κ2) is 19.3. The lowest BCUT2D eigenvalue weighted by molar-refractivity contribution is -0.270. The first-order valence-electron chi connectivity index (χ1n) is 18.3. The molecular weight excluding hydrogens is 714 g/mol. The number of phenolic OH excluding ortho intramolecular Hbond substituents is 3. The Balaban J connectivity index is 0.000000275. The Morgan fingerprint density at radius 1 is 0.500 bits per heavy atom. The third-order valence-electron chi connectivity index (χ3n) is 9.77. The summed E-state index contributed by atoms with van der Waals surface area (Å²) in [5.74, 6) is -2.55. The minimum atomic E-state index is -0.996. The van der Waals surface area contributed by atoms with Crippen molar-refractivity contribution in [1.29, 1.82) is 0 Å². The Morgan fingerprint density at radius 3 is 1.32 bits per heavy atom. The van der Waals surface area contributed by atoms with Crippen LogP contribution in [-0.4, -0.2) is 68.2 Å². The molecule has 5 rings (SSSR count). The van der Waals surface area contributed by atoms with Crippen molar-refractivity contribution in [2.24, 2.45) is 0 Å². The Morgan fingerprint density at radius 2 is 0.893 bits per heavy atom. The van der Waals surface area contributed by atoms with Crippen molar-refractivity contribution in [2.75, 3.05) is 19.6 Å². The van der Waals surface area contributed by atoms with Crippen LogP contribution < -0.4 is 9.59 Å². The first-order valence-corrected chi connectivity index (χ1v) is 18.3. The second-order valence-electron chi connectivity index (χ2n) is 14.2. The number of carboxylic acids is 3. The van der Waals surface area contributed by atoms with E-state index < -0.39 is 17.9 Å². The number of carboxylic acid groups (broad SMARTS) is 3. The molecule has 0 heterocycles. The minimum absolute atomic E-state index is 0.0335. The zero-order chi connectivity index (χ0) is 41.0. The van der Waals surface area contributed by atoms with Crippen LogP contribution in [0.25, 0.3) is 0 Å². The molecule has 0 saturated heterocycles. The van der Waals surface area contributed by atoms with Crippen molar-refractivity contribution >= 4 is 23.6 Å². The molecule has 11 nitrogen and oxygen atoms in total. The van der Waals surface area contributed by atoms with E-state index in [1.54, 1.807) is 54.6 Å². The Hall–Kier alpha value is -6.33. The fourth-order valence-electron chi connectivity index (χ4n) is 6.84. The van der Waals surface area contributed by atoms with Gasteiger partial charge in [-0.2, -0.15) is 0 Å². The molecule has 0 radical (unpaired) electrons. The van der Waals surface area contributed by atoms with Crippen molar-refractivity contribution in [3.8, 4) is 23.0 Å². The predicted molar refractivity (Wildman–Crippen MR) is 212 cm³/mol. The van der Waals surface area contributed by atoms with Crippen molar-refractivity contribution < 1.29 is 50.1 Å². The normalized spacial score (nSPS) is 11.1. The van der Waals surface area contributed by atoms with E-state index in [-0.39, 0.29) is 66.4 Å². The Bertz CT molecular complexity index is 2120. The van der Waals surface area contributed by atoms with Crippen LogP contribution in [0.15, 0.2) is 97.1 Å². The number of hydrogen-bond donors (Lipinski definition) is 6. The van der Waals surface area contributed by atoms with Gasteiger partial charge in [-0.3, -0.25) is 18.9 Å². The van der Waals surface area contributed by atoms with Crippen LogP contribution in [0.1, 0.15) is 69.3 Å². The van der Waals surface area contributed by atoms with E-state index in [0.717, 1.165) is 27.9 Å². The number of aryl methyl sites for hydroxylation is 3. The number of quaternary nitrogens is 1. The van der Waals surface area contributed by atoms with Crippen LogP contribution >= 0.6 is 0 Å². The Kier molecular flexibility index (Phi) is 14.6. The van der Waals surface area contributed by atoms with Gasteiger partial charge in [-0.15, -0.1) is 5.75 Å². The lowest BCUT2D eigenvalue weighted by atomic mass is 9.93. The number of carbonyl (C=O) groups is 3. The van der Waals surface area contributed by atoms with Crippen LogP contribution in [0, 0.1) is 20.8 Å². The Labute approximate surface area is 326 Å². The molecule has 0 aromatic heterocycles. The third kappa shape index (κ3) is 11.8. The minimum Gasteiger partial charge on any atom is -0.872 e. The lowest BCUT2D eigenvalue weighted by Crippen LogP contribution is -2.53. The molecule has 0 aliphatic heterocycles. The molecule has 11 heteroatoms. The molecule has 0 saturated carbocycles. The van der Waals surface area contributed by atoms with E-state index in [2.05, 4.69) is 0 Å². The highest BCUT2D eigenvalue weighted by molar-refractivity contribution is 5.70. The molecule has 0 fully saturated rings. The topological polar surface area (TPSA) is 196 Å². The zero-order valence-electron chi connectivity index (χ0n) is 31.9. The fourth-order valence-corrected chi connectivity index (χ4v) is 6.84. The summed E-state index contributed by atoms with van der Waals surface area (Å²) >= 11 is 0. The summed E-state index contributed by atoms with van der Waals surface area (Å²) in [6.07, 6.45) is 0.561. The number of rotatable bonds is 16. The third-order valence-corrected chi connectivity index (χ3v) is 9.77. The van der Waals surface area contributed by atoms with E-state index in [4.69, 9.17) is 15.3 Å². The molecule has 56 heavy (non-hydrogen) atoms. The smallest absolute Gasteiger partial charge is 0.309 e. The average Bonchev–Trinajstić information content (AvgIpc) is 3.15. The largest absolute Gasteiger partial charge is 0.872 e. The second-order valence-corrected chi connectivity index (χ2v) is 14.2. The number of benzene rings is 5. The molecule has 5 aromatic rings. The van der Waals surface area contributed by atoms with Crippen LogP contribution in [0.4, 0.5) is 5.69 Å². The predicted octanol–water partition coefficient (Wildman–Crippen LogP) is 6.99. The van der Waals surface area contributed by atoms with Gasteiger partial charge in [0, 0.05) is 19.3 Å². The van der Waals surface area contributed by atoms with Gasteiger partial charge < -0.3 is 35.7 Å². The summed E-state index contributed by atoms with van der Waals surface area (Å²) in [5, 5.41) is 71.5. The maximum Gasteiger partial charge on any atom is 0.309 e. The number of nitrogens with zero attached hydrogens (tertiary/aromatic N) is 1. The molecule has 0 aliphatic carbocycles. The number of aromatic hydroxyl groups is 3. The summed E-state index contributed by atoms with van der Waals surface area (Å²) in [5.41, 5.74) is 7.81. The first-order chi connectivity index (χ1) is 26.6. The van der Waals surface area contributed by atoms with Gasteiger partial charge >= 0.3 is 17.9 Å². The molecule has 0 amide bonds. The standard InChI is InChI=1S/C30H30O4.C15H19NO6/c1-18-7-9-27(31)23(11-18)15-21-5-4-6-22(29(21)33)16-25-13-20(3)14-26(30(25)34)17-24-12-19(2)8-10-28(24)32;17-13(18)6-9-16(10-7-14(19)20,11-8-15(21)22)12-4-2-1-3-5-12/h4-14,31-34H,15-17H2,1-3H3;1-5H,6-11H2,(H2-,17,18,19,20,21,22). The van der Waals surface area contributed by atoms with E-state index in [0.29, 0.717) is 47.1 Å². The highest BCUT2D eigenvalue weighted by atomic mass is 16.4. The van der Waals surface area contributed by atoms with Gasteiger partial charge in [-0.1, -0.05) is 101 Å². The van der Waals surface area contributed by atoms with Gasteiger partial charge in [-0.05, 0) is 67.3 Å². The molecule has 0 bridgehead atoms. The summed E-state index contributed by atoms with van der Waals surface area (Å²) < 4.78 is 0.0335. The number of phenols is 3. The van der Waals surface area contributed by atoms with Crippen LogP contribution in [0.3, 0.4) is 0 Å². The van der Waals surface area contributed by atoms with E-state index in [1.807, 2.05) is 63.2 Å². The molecule has 0 aliphatic rings. The molecule has 0 spiro atoms. The number of aliphatic carboxylic acids is 3. The highest BCUT2D eigenvalue weighted by Crippen LogP contribution is 2.34. The monoisotopic (exact) mass is 763 g/mol. The molecule has 0 unspecified atom stereocenters. The van der Waals surface area contributed by atoms with Gasteiger partial charge in [0.2, 0.25) is 0 Å². The van der Waals surface area contributed by atoms with Gasteiger partial charge in [0.05, 0.1) is 38.9 Å². The maximum atomic E-state index is 13.2. The zero-order valence-corrected chi connectivity index (χ0v) is 31.9. The molecule has 0 atom stereocenters. The average molecular weight is 764 g/mol.